The number of rotatable bonds is 6. The van der Waals surface area contributed by atoms with Crippen molar-refractivity contribution in [3.63, 3.8) is 0 Å². The molecule has 24 heavy (non-hydrogen) atoms. The minimum absolute atomic E-state index is 0.268. The fourth-order valence-electron chi connectivity index (χ4n) is 2.00. The Morgan fingerprint density at radius 2 is 1.71 bits per heavy atom. The number of nitrogens with zero attached hydrogens (tertiary/aromatic N) is 4. The number of benzene rings is 1. The van der Waals surface area contributed by atoms with Crippen LogP contribution in [0.2, 0.25) is 0 Å². The Balaban J connectivity index is 2.26. The molecule has 0 spiro atoms. The van der Waals surface area contributed by atoms with E-state index in [1.165, 1.54) is 30.5 Å². The Hall–Kier alpha value is -2.42. The molecule has 0 saturated carbocycles. The molecule has 2 rings (SSSR count). The van der Waals surface area contributed by atoms with Gasteiger partial charge in [0.05, 0.1) is 11.9 Å². The highest BCUT2D eigenvalue weighted by Crippen LogP contribution is 2.24. The van der Waals surface area contributed by atoms with Gasteiger partial charge in [-0.25, -0.2) is 17.8 Å². The Labute approximate surface area is 141 Å². The lowest BCUT2D eigenvalue weighted by Gasteiger charge is -2.19. The van der Waals surface area contributed by atoms with Crippen LogP contribution in [-0.4, -0.2) is 46.6 Å². The van der Waals surface area contributed by atoms with Crippen LogP contribution in [0.5, 0.6) is 0 Å². The van der Waals surface area contributed by atoms with Gasteiger partial charge in [0.2, 0.25) is 16.0 Å². The SMILES string of the molecule is CN(C)c1ncc(NS(=O)(=O)Cc2ccc(F)cc2)c(N(C)C)n1. The van der Waals surface area contributed by atoms with Gasteiger partial charge in [-0.3, -0.25) is 4.72 Å². The number of halogens is 1. The van der Waals surface area contributed by atoms with Crippen molar-refractivity contribution in [1.29, 1.82) is 0 Å². The van der Waals surface area contributed by atoms with Crippen LogP contribution >= 0.6 is 0 Å². The summed E-state index contributed by atoms with van der Waals surface area (Å²) in [4.78, 5) is 11.9. The van der Waals surface area contributed by atoms with Crippen LogP contribution in [0, 0.1) is 5.82 Å². The highest BCUT2D eigenvalue weighted by atomic mass is 32.2. The van der Waals surface area contributed by atoms with Crippen molar-refractivity contribution in [2.45, 2.75) is 5.75 Å². The molecule has 1 aromatic heterocycles. The smallest absolute Gasteiger partial charge is 0.237 e. The van der Waals surface area contributed by atoms with Crippen LogP contribution in [-0.2, 0) is 15.8 Å². The monoisotopic (exact) mass is 353 g/mol. The van der Waals surface area contributed by atoms with E-state index in [0.717, 1.165) is 0 Å². The lowest BCUT2D eigenvalue weighted by atomic mass is 10.2. The first-order valence-corrected chi connectivity index (χ1v) is 8.80. The van der Waals surface area contributed by atoms with E-state index in [-0.39, 0.29) is 11.4 Å². The van der Waals surface area contributed by atoms with E-state index < -0.39 is 15.8 Å². The zero-order chi connectivity index (χ0) is 17.9. The maximum absolute atomic E-state index is 12.9. The van der Waals surface area contributed by atoms with E-state index >= 15 is 0 Å². The number of sulfonamides is 1. The first-order chi connectivity index (χ1) is 11.2. The molecule has 1 heterocycles. The first-order valence-electron chi connectivity index (χ1n) is 7.14. The zero-order valence-corrected chi connectivity index (χ0v) is 14.8. The van der Waals surface area contributed by atoms with Crippen molar-refractivity contribution in [1.82, 2.24) is 9.97 Å². The lowest BCUT2D eigenvalue weighted by molar-refractivity contribution is 0.600. The Morgan fingerprint density at radius 1 is 1.08 bits per heavy atom. The van der Waals surface area contributed by atoms with Crippen molar-refractivity contribution < 1.29 is 12.8 Å². The lowest BCUT2D eigenvalue weighted by Crippen LogP contribution is -2.21. The summed E-state index contributed by atoms with van der Waals surface area (Å²) in [5.74, 6) is 0.249. The van der Waals surface area contributed by atoms with Crippen LogP contribution in [0.3, 0.4) is 0 Å². The predicted molar refractivity (Wildman–Crippen MR) is 93.3 cm³/mol. The quantitative estimate of drug-likeness (QED) is 0.851. The highest BCUT2D eigenvalue weighted by Gasteiger charge is 2.17. The summed E-state index contributed by atoms with van der Waals surface area (Å²) in [6.07, 6.45) is 1.43. The Morgan fingerprint density at radius 3 is 2.25 bits per heavy atom. The van der Waals surface area contributed by atoms with Crippen LogP contribution in [0.1, 0.15) is 5.56 Å². The minimum atomic E-state index is -3.68. The molecule has 0 aliphatic carbocycles. The molecule has 0 fully saturated rings. The van der Waals surface area contributed by atoms with Gasteiger partial charge in [0.1, 0.15) is 11.5 Å². The summed E-state index contributed by atoms with van der Waals surface area (Å²) >= 11 is 0. The topological polar surface area (TPSA) is 78.4 Å². The summed E-state index contributed by atoms with van der Waals surface area (Å²) in [6, 6.07) is 5.33. The van der Waals surface area contributed by atoms with Gasteiger partial charge in [0.25, 0.3) is 0 Å². The van der Waals surface area contributed by atoms with Crippen LogP contribution in [0.15, 0.2) is 30.5 Å². The maximum atomic E-state index is 12.9. The summed E-state index contributed by atoms with van der Waals surface area (Å²) < 4.78 is 40.1. The molecule has 0 bridgehead atoms. The van der Waals surface area contributed by atoms with E-state index in [0.29, 0.717) is 17.3 Å². The Bertz CT molecular complexity index is 807. The van der Waals surface area contributed by atoms with Crippen LogP contribution in [0.25, 0.3) is 0 Å². The third-order valence-corrected chi connectivity index (χ3v) is 4.36. The molecule has 9 heteroatoms. The first kappa shape index (κ1) is 17.9. The summed E-state index contributed by atoms with van der Waals surface area (Å²) in [5, 5.41) is 0. The standard InChI is InChI=1S/C15H20FN5O2S/c1-20(2)14-13(9-17-15(18-14)21(3)4)19-24(22,23)10-11-5-7-12(16)8-6-11/h5-9,19H,10H2,1-4H3. The van der Waals surface area contributed by atoms with Gasteiger partial charge in [-0.15, -0.1) is 0 Å². The molecule has 0 unspecified atom stereocenters. The molecule has 0 amide bonds. The van der Waals surface area contributed by atoms with E-state index in [4.69, 9.17) is 0 Å². The van der Waals surface area contributed by atoms with Gasteiger partial charge in [0, 0.05) is 28.2 Å². The molecule has 1 N–H and O–H groups in total. The molecule has 7 nitrogen and oxygen atoms in total. The van der Waals surface area contributed by atoms with Gasteiger partial charge in [-0.2, -0.15) is 4.98 Å². The van der Waals surface area contributed by atoms with Crippen molar-refractivity contribution in [3.8, 4) is 0 Å². The molecule has 130 valence electrons. The average molecular weight is 353 g/mol. The average Bonchev–Trinajstić information content (AvgIpc) is 2.49. The number of hydrogen-bond acceptors (Lipinski definition) is 6. The summed E-state index contributed by atoms with van der Waals surface area (Å²) in [5.41, 5.74) is 0.772. The Kier molecular flexibility index (Phi) is 5.23. The largest absolute Gasteiger partial charge is 0.361 e. The summed E-state index contributed by atoms with van der Waals surface area (Å²) in [7, 11) is 3.44. The molecule has 0 aliphatic rings. The van der Waals surface area contributed by atoms with E-state index in [1.54, 1.807) is 38.0 Å². The minimum Gasteiger partial charge on any atom is -0.361 e. The second-order valence-electron chi connectivity index (χ2n) is 5.68. The van der Waals surface area contributed by atoms with Crippen LogP contribution in [0.4, 0.5) is 21.8 Å². The maximum Gasteiger partial charge on any atom is 0.237 e. The summed E-state index contributed by atoms with van der Waals surface area (Å²) in [6.45, 7) is 0. The van der Waals surface area contributed by atoms with Gasteiger partial charge < -0.3 is 9.80 Å². The molecular formula is C15H20FN5O2S. The van der Waals surface area contributed by atoms with E-state index in [2.05, 4.69) is 14.7 Å². The normalized spacial score (nSPS) is 11.2. The number of nitrogens with one attached hydrogen (secondary N) is 1. The molecule has 0 radical (unpaired) electrons. The van der Waals surface area contributed by atoms with E-state index in [1.807, 2.05) is 0 Å². The third-order valence-electron chi connectivity index (χ3n) is 3.11. The van der Waals surface area contributed by atoms with Crippen molar-refractivity contribution in [3.05, 3.63) is 41.8 Å². The van der Waals surface area contributed by atoms with Crippen molar-refractivity contribution in [2.75, 3.05) is 42.7 Å². The molecule has 0 atom stereocenters. The number of hydrogen-bond donors (Lipinski definition) is 1. The third kappa shape index (κ3) is 4.54. The highest BCUT2D eigenvalue weighted by molar-refractivity contribution is 7.91. The second kappa shape index (κ2) is 7.00. The van der Waals surface area contributed by atoms with Crippen molar-refractivity contribution >= 4 is 27.5 Å². The van der Waals surface area contributed by atoms with E-state index in [9.17, 15) is 12.8 Å². The molecule has 1 aromatic carbocycles. The number of aromatic nitrogens is 2. The van der Waals surface area contributed by atoms with Gasteiger partial charge in [-0.05, 0) is 17.7 Å². The molecule has 2 aromatic rings. The van der Waals surface area contributed by atoms with Crippen molar-refractivity contribution in [2.24, 2.45) is 0 Å². The zero-order valence-electron chi connectivity index (χ0n) is 14.0. The molecule has 0 aliphatic heterocycles. The fraction of sp³-hybridized carbons (Fsp3) is 0.333. The molecular weight excluding hydrogens is 333 g/mol. The van der Waals surface area contributed by atoms with Gasteiger partial charge in [-0.1, -0.05) is 12.1 Å². The van der Waals surface area contributed by atoms with Gasteiger partial charge >= 0.3 is 0 Å². The predicted octanol–water partition coefficient (Wildman–Crippen LogP) is 1.69. The number of anilines is 3. The van der Waals surface area contributed by atoms with Gasteiger partial charge in [0.15, 0.2) is 5.82 Å². The van der Waals surface area contributed by atoms with Crippen LogP contribution < -0.4 is 14.5 Å². The fourth-order valence-corrected chi connectivity index (χ4v) is 3.18. The molecule has 0 saturated heterocycles. The second-order valence-corrected chi connectivity index (χ2v) is 7.41.